The van der Waals surface area contributed by atoms with E-state index in [9.17, 15) is 18.3 Å². The molecular weight excluding hydrogens is 350 g/mol. The number of fused-ring (bicyclic) bond motifs is 2. The number of aliphatic hydroxyl groups is 1. The van der Waals surface area contributed by atoms with Crippen LogP contribution in [0.2, 0.25) is 0 Å². The number of hydrogen-bond donors (Lipinski definition) is 1. The van der Waals surface area contributed by atoms with Gasteiger partial charge in [0.15, 0.2) is 5.76 Å². The molecule has 0 spiro atoms. The summed E-state index contributed by atoms with van der Waals surface area (Å²) in [5, 5.41) is 12.6. The number of hydrogen-bond acceptors (Lipinski definition) is 4. The molecule has 0 aromatic heterocycles. The van der Waals surface area contributed by atoms with Gasteiger partial charge < -0.3 is 5.11 Å². The van der Waals surface area contributed by atoms with Crippen molar-refractivity contribution in [2.75, 3.05) is 7.05 Å². The van der Waals surface area contributed by atoms with E-state index in [2.05, 4.69) is 0 Å². The van der Waals surface area contributed by atoms with E-state index in [-0.39, 0.29) is 21.9 Å². The van der Waals surface area contributed by atoms with Crippen LogP contribution in [0.25, 0.3) is 16.5 Å². The zero-order valence-corrected chi connectivity index (χ0v) is 14.7. The predicted octanol–water partition coefficient (Wildman–Crippen LogP) is 3.58. The number of likely N-dealkylation sites (N-methyl/N-ethyl adjacent to an activating group) is 1. The largest absolute Gasteiger partial charge is 0.505 e. The van der Waals surface area contributed by atoms with E-state index in [1.807, 2.05) is 30.3 Å². The Kier molecular flexibility index (Phi) is 3.59. The molecule has 1 N–H and O–H groups in total. The Labute approximate surface area is 150 Å². The highest BCUT2D eigenvalue weighted by Crippen LogP contribution is 2.34. The van der Waals surface area contributed by atoms with Crippen LogP contribution in [0.1, 0.15) is 15.9 Å². The fraction of sp³-hybridized carbons (Fsp3) is 0.0500. The SMILES string of the molecule is CN1C(=C(O)c2ccc3ccccc3c2)C(=O)c2ccccc2S1(=O)=O. The van der Waals surface area contributed by atoms with E-state index in [0.717, 1.165) is 15.1 Å². The summed E-state index contributed by atoms with van der Waals surface area (Å²) in [7, 11) is -2.63. The van der Waals surface area contributed by atoms with Gasteiger partial charge in [-0.25, -0.2) is 8.42 Å². The lowest BCUT2D eigenvalue weighted by Gasteiger charge is -2.28. The maximum atomic E-state index is 12.9. The molecule has 0 amide bonds. The number of nitrogens with zero attached hydrogens (tertiary/aromatic N) is 1. The molecule has 0 saturated carbocycles. The maximum Gasteiger partial charge on any atom is 0.265 e. The van der Waals surface area contributed by atoms with E-state index < -0.39 is 15.8 Å². The molecule has 130 valence electrons. The maximum absolute atomic E-state index is 12.9. The molecule has 1 aliphatic rings. The van der Waals surface area contributed by atoms with E-state index in [0.29, 0.717) is 5.56 Å². The number of allylic oxidation sites excluding steroid dienone is 1. The second-order valence-electron chi connectivity index (χ2n) is 6.06. The number of rotatable bonds is 1. The summed E-state index contributed by atoms with van der Waals surface area (Å²) in [6.07, 6.45) is 0. The monoisotopic (exact) mass is 365 g/mol. The minimum Gasteiger partial charge on any atom is -0.505 e. The quantitative estimate of drug-likeness (QED) is 0.528. The molecule has 0 radical (unpaired) electrons. The number of sulfonamides is 1. The lowest BCUT2D eigenvalue weighted by molar-refractivity contribution is 0.100. The Morgan fingerprint density at radius 1 is 0.923 bits per heavy atom. The highest BCUT2D eigenvalue weighted by Gasteiger charge is 2.39. The molecule has 1 aliphatic heterocycles. The Morgan fingerprint density at radius 2 is 1.58 bits per heavy atom. The Hall–Kier alpha value is -3.12. The summed E-state index contributed by atoms with van der Waals surface area (Å²) < 4.78 is 26.3. The van der Waals surface area contributed by atoms with Gasteiger partial charge in [-0.1, -0.05) is 48.5 Å². The molecule has 0 unspecified atom stereocenters. The lowest BCUT2D eigenvalue weighted by Crippen LogP contribution is -2.37. The van der Waals surface area contributed by atoms with Crippen LogP contribution in [0.3, 0.4) is 0 Å². The van der Waals surface area contributed by atoms with Gasteiger partial charge in [-0.05, 0) is 29.0 Å². The van der Waals surface area contributed by atoms with Gasteiger partial charge in [0.2, 0.25) is 5.78 Å². The summed E-state index contributed by atoms with van der Waals surface area (Å²) >= 11 is 0. The summed E-state index contributed by atoms with van der Waals surface area (Å²) in [6, 6.07) is 18.8. The van der Waals surface area contributed by atoms with Crippen molar-refractivity contribution in [1.29, 1.82) is 0 Å². The van der Waals surface area contributed by atoms with Gasteiger partial charge in [0, 0.05) is 18.2 Å². The average molecular weight is 365 g/mol. The molecule has 0 atom stereocenters. The topological polar surface area (TPSA) is 74.7 Å². The van der Waals surface area contributed by atoms with Crippen LogP contribution in [-0.2, 0) is 10.0 Å². The first-order valence-corrected chi connectivity index (χ1v) is 9.40. The van der Waals surface area contributed by atoms with Crippen LogP contribution in [0.15, 0.2) is 77.3 Å². The zero-order chi connectivity index (χ0) is 18.5. The van der Waals surface area contributed by atoms with Gasteiger partial charge in [0.1, 0.15) is 5.70 Å². The van der Waals surface area contributed by atoms with Gasteiger partial charge >= 0.3 is 0 Å². The third-order valence-corrected chi connectivity index (χ3v) is 6.36. The second-order valence-corrected chi connectivity index (χ2v) is 7.99. The summed E-state index contributed by atoms with van der Waals surface area (Å²) in [4.78, 5) is 12.8. The highest BCUT2D eigenvalue weighted by molar-refractivity contribution is 7.89. The van der Waals surface area contributed by atoms with Crippen LogP contribution in [0.4, 0.5) is 0 Å². The predicted molar refractivity (Wildman–Crippen MR) is 99.2 cm³/mol. The molecule has 0 fully saturated rings. The number of carbonyl (C=O) groups excluding carboxylic acids is 1. The minimum atomic E-state index is -3.90. The van der Waals surface area contributed by atoms with Crippen LogP contribution >= 0.6 is 0 Å². The third-order valence-electron chi connectivity index (χ3n) is 4.55. The first-order valence-electron chi connectivity index (χ1n) is 7.96. The first kappa shape index (κ1) is 16.4. The number of Topliss-reactive ketones (excluding diaryl/α,β-unsaturated/α-hetero) is 1. The fourth-order valence-corrected chi connectivity index (χ4v) is 4.54. The normalized spacial score (nSPS) is 17.9. The van der Waals surface area contributed by atoms with Crippen molar-refractivity contribution in [3.63, 3.8) is 0 Å². The molecule has 0 aliphatic carbocycles. The molecule has 5 nitrogen and oxygen atoms in total. The lowest BCUT2D eigenvalue weighted by atomic mass is 10.0. The number of ketones is 1. The van der Waals surface area contributed by atoms with Crippen molar-refractivity contribution in [3.8, 4) is 0 Å². The first-order chi connectivity index (χ1) is 12.4. The van der Waals surface area contributed by atoms with E-state index in [1.54, 1.807) is 24.3 Å². The Bertz CT molecular complexity index is 1200. The van der Waals surface area contributed by atoms with Crippen LogP contribution in [0, 0.1) is 0 Å². The molecule has 3 aromatic carbocycles. The summed E-state index contributed by atoms with van der Waals surface area (Å²) in [6.45, 7) is 0. The van der Waals surface area contributed by atoms with Gasteiger partial charge in [-0.2, -0.15) is 0 Å². The van der Waals surface area contributed by atoms with Gasteiger partial charge in [0.05, 0.1) is 4.90 Å². The second kappa shape index (κ2) is 5.71. The van der Waals surface area contributed by atoms with Crippen molar-refractivity contribution in [2.45, 2.75) is 4.90 Å². The van der Waals surface area contributed by atoms with Crippen LogP contribution in [0.5, 0.6) is 0 Å². The standard InChI is InChI=1S/C20H15NO4S/c1-21-18(20(23)16-8-4-5-9-17(16)26(21,24)25)19(22)15-11-10-13-6-2-3-7-14(13)12-15/h2-12,22H,1H3. The third kappa shape index (κ3) is 2.30. The van der Waals surface area contributed by atoms with Gasteiger partial charge in [-0.3, -0.25) is 9.10 Å². The summed E-state index contributed by atoms with van der Waals surface area (Å²) in [5.41, 5.74) is 0.195. The Balaban J connectivity index is 1.96. The van der Waals surface area contributed by atoms with Gasteiger partial charge in [-0.15, -0.1) is 0 Å². The number of benzene rings is 3. The zero-order valence-electron chi connectivity index (χ0n) is 13.9. The molecule has 6 heteroatoms. The number of carbonyl (C=O) groups is 1. The molecule has 1 heterocycles. The molecule has 4 rings (SSSR count). The van der Waals surface area contributed by atoms with Crippen molar-refractivity contribution in [1.82, 2.24) is 4.31 Å². The molecule has 0 bridgehead atoms. The summed E-state index contributed by atoms with van der Waals surface area (Å²) in [5.74, 6) is -0.884. The molecule has 0 saturated heterocycles. The molecule has 26 heavy (non-hydrogen) atoms. The van der Waals surface area contributed by atoms with Crippen LogP contribution < -0.4 is 0 Å². The van der Waals surface area contributed by atoms with E-state index in [1.165, 1.54) is 19.2 Å². The van der Waals surface area contributed by atoms with Crippen LogP contribution in [-0.4, -0.2) is 30.7 Å². The van der Waals surface area contributed by atoms with Gasteiger partial charge in [0.25, 0.3) is 10.0 Å². The highest BCUT2D eigenvalue weighted by atomic mass is 32.2. The van der Waals surface area contributed by atoms with E-state index >= 15 is 0 Å². The fourth-order valence-electron chi connectivity index (χ4n) is 3.15. The van der Waals surface area contributed by atoms with Crippen molar-refractivity contribution in [3.05, 3.63) is 83.6 Å². The molecular formula is C20H15NO4S. The van der Waals surface area contributed by atoms with E-state index in [4.69, 9.17) is 0 Å². The minimum absolute atomic E-state index is 0.0532. The Morgan fingerprint density at radius 3 is 2.35 bits per heavy atom. The molecule has 3 aromatic rings. The number of aliphatic hydroxyl groups excluding tert-OH is 1. The van der Waals surface area contributed by atoms with Crippen molar-refractivity contribution < 1.29 is 18.3 Å². The smallest absolute Gasteiger partial charge is 0.265 e. The van der Waals surface area contributed by atoms with Crippen molar-refractivity contribution >= 4 is 32.3 Å². The van der Waals surface area contributed by atoms with Crippen molar-refractivity contribution in [2.24, 2.45) is 0 Å². The average Bonchev–Trinajstić information content (AvgIpc) is 2.66.